The number of halogens is 2. The van der Waals surface area contributed by atoms with E-state index in [1.54, 1.807) is 37.3 Å². The number of esters is 1. The SMILES string of the molecule is CCOC(=O)COc1c(I)cc(C=NNC(=O)C(C)C(=O)Nc2ccccc2Br)cc1OC. The van der Waals surface area contributed by atoms with Gasteiger partial charge in [-0.3, -0.25) is 9.59 Å². The van der Waals surface area contributed by atoms with Gasteiger partial charge in [-0.05, 0) is 82.2 Å². The Labute approximate surface area is 213 Å². The number of carbonyl (C=O) groups is 3. The molecule has 0 saturated carbocycles. The molecule has 1 unspecified atom stereocenters. The average molecular weight is 632 g/mol. The minimum absolute atomic E-state index is 0.247. The maximum absolute atomic E-state index is 12.3. The minimum atomic E-state index is -0.970. The van der Waals surface area contributed by atoms with Crippen LogP contribution in [-0.4, -0.2) is 44.3 Å². The molecule has 9 nitrogen and oxygen atoms in total. The first-order valence-electron chi connectivity index (χ1n) is 9.81. The summed E-state index contributed by atoms with van der Waals surface area (Å²) in [6.45, 7) is 3.22. The maximum atomic E-state index is 12.3. The van der Waals surface area contributed by atoms with Gasteiger partial charge >= 0.3 is 5.97 Å². The number of hydrogen-bond donors (Lipinski definition) is 2. The summed E-state index contributed by atoms with van der Waals surface area (Å²) in [5.41, 5.74) is 3.54. The van der Waals surface area contributed by atoms with Crippen molar-refractivity contribution in [2.24, 2.45) is 11.0 Å². The summed E-state index contributed by atoms with van der Waals surface area (Å²) >= 11 is 5.38. The lowest BCUT2D eigenvalue weighted by Gasteiger charge is -2.13. The van der Waals surface area contributed by atoms with Crippen LogP contribution in [0.15, 0.2) is 46.0 Å². The Bertz CT molecular complexity index is 1050. The summed E-state index contributed by atoms with van der Waals surface area (Å²) in [5.74, 6) is -1.70. The van der Waals surface area contributed by atoms with Crippen molar-refractivity contribution < 1.29 is 28.6 Å². The third-order valence-corrected chi connectivity index (χ3v) is 5.69. The first kappa shape index (κ1) is 26.6. The molecule has 1 atom stereocenters. The number of carbonyl (C=O) groups excluding carboxylic acids is 3. The third kappa shape index (κ3) is 8.00. The molecule has 33 heavy (non-hydrogen) atoms. The Morgan fingerprint density at radius 2 is 1.94 bits per heavy atom. The summed E-state index contributed by atoms with van der Waals surface area (Å²) in [6.07, 6.45) is 1.41. The van der Waals surface area contributed by atoms with Crippen molar-refractivity contribution in [3.8, 4) is 11.5 Å². The smallest absolute Gasteiger partial charge is 0.344 e. The number of hydrogen-bond acceptors (Lipinski definition) is 7. The fourth-order valence-electron chi connectivity index (χ4n) is 2.48. The molecule has 2 aromatic carbocycles. The van der Waals surface area contributed by atoms with Gasteiger partial charge in [-0.2, -0.15) is 5.10 Å². The number of anilines is 1. The van der Waals surface area contributed by atoms with Crippen LogP contribution in [0.4, 0.5) is 5.69 Å². The number of amides is 2. The van der Waals surface area contributed by atoms with Gasteiger partial charge in [0.2, 0.25) is 5.91 Å². The van der Waals surface area contributed by atoms with E-state index < -0.39 is 23.7 Å². The number of nitrogens with zero attached hydrogens (tertiary/aromatic N) is 1. The predicted octanol–water partition coefficient (Wildman–Crippen LogP) is 3.73. The fraction of sp³-hybridized carbons (Fsp3) is 0.273. The monoisotopic (exact) mass is 631 g/mol. The zero-order valence-corrected chi connectivity index (χ0v) is 21.9. The van der Waals surface area contributed by atoms with Crippen molar-refractivity contribution in [1.82, 2.24) is 5.43 Å². The van der Waals surface area contributed by atoms with E-state index in [-0.39, 0.29) is 13.2 Å². The molecule has 2 aromatic rings. The van der Waals surface area contributed by atoms with Crippen LogP contribution in [0.5, 0.6) is 11.5 Å². The quantitative estimate of drug-likeness (QED) is 0.136. The van der Waals surface area contributed by atoms with Crippen LogP contribution in [0, 0.1) is 9.49 Å². The molecule has 0 fully saturated rings. The second kappa shape index (κ2) is 13.1. The molecule has 11 heteroatoms. The molecule has 0 aliphatic carbocycles. The highest BCUT2D eigenvalue weighted by atomic mass is 127. The van der Waals surface area contributed by atoms with E-state index in [1.807, 2.05) is 28.7 Å². The number of nitrogens with one attached hydrogen (secondary N) is 2. The van der Waals surface area contributed by atoms with Crippen molar-refractivity contribution in [3.63, 3.8) is 0 Å². The minimum Gasteiger partial charge on any atom is -0.493 e. The van der Waals surface area contributed by atoms with Crippen molar-refractivity contribution in [2.45, 2.75) is 13.8 Å². The van der Waals surface area contributed by atoms with Gasteiger partial charge in [-0.1, -0.05) is 12.1 Å². The van der Waals surface area contributed by atoms with Gasteiger partial charge in [-0.15, -0.1) is 0 Å². The molecule has 0 aromatic heterocycles. The average Bonchev–Trinajstić information content (AvgIpc) is 2.79. The summed E-state index contributed by atoms with van der Waals surface area (Å²) < 4.78 is 17.1. The second-order valence-corrected chi connectivity index (χ2v) is 8.57. The van der Waals surface area contributed by atoms with Crippen LogP contribution in [0.2, 0.25) is 0 Å². The number of hydrazone groups is 1. The number of methoxy groups -OCH3 is 1. The highest BCUT2D eigenvalue weighted by Crippen LogP contribution is 2.33. The molecule has 0 bridgehead atoms. The molecule has 0 saturated heterocycles. The zero-order valence-electron chi connectivity index (χ0n) is 18.2. The Morgan fingerprint density at radius 3 is 2.61 bits per heavy atom. The zero-order chi connectivity index (χ0) is 24.4. The summed E-state index contributed by atoms with van der Waals surface area (Å²) in [4.78, 5) is 36.2. The first-order valence-corrected chi connectivity index (χ1v) is 11.7. The normalized spacial score (nSPS) is 11.5. The summed E-state index contributed by atoms with van der Waals surface area (Å²) in [7, 11) is 1.47. The number of rotatable bonds is 10. The molecule has 0 radical (unpaired) electrons. The van der Waals surface area contributed by atoms with E-state index in [4.69, 9.17) is 14.2 Å². The van der Waals surface area contributed by atoms with Gasteiger partial charge < -0.3 is 19.5 Å². The Balaban J connectivity index is 2.00. The highest BCUT2D eigenvalue weighted by molar-refractivity contribution is 14.1. The number of benzene rings is 2. The van der Waals surface area contributed by atoms with Crippen LogP contribution in [0.3, 0.4) is 0 Å². The van der Waals surface area contributed by atoms with E-state index in [9.17, 15) is 14.4 Å². The standard InChI is InChI=1S/C22H23BrIN3O6/c1-4-32-19(28)12-33-20-16(24)9-14(10-18(20)31-3)11-25-27-22(30)13(2)21(29)26-17-8-6-5-7-15(17)23/h5-11,13H,4,12H2,1-3H3,(H,26,29)(H,27,30). The van der Waals surface area contributed by atoms with E-state index >= 15 is 0 Å². The second-order valence-electron chi connectivity index (χ2n) is 6.55. The number of ether oxygens (including phenoxy) is 3. The molecule has 0 aliphatic heterocycles. The number of para-hydroxylation sites is 1. The van der Waals surface area contributed by atoms with Gasteiger partial charge in [-0.25, -0.2) is 10.2 Å². The molecule has 0 heterocycles. The predicted molar refractivity (Wildman–Crippen MR) is 136 cm³/mol. The first-order chi connectivity index (χ1) is 15.8. The van der Waals surface area contributed by atoms with Crippen LogP contribution < -0.4 is 20.2 Å². The molecule has 176 valence electrons. The van der Waals surface area contributed by atoms with E-state index in [1.165, 1.54) is 20.2 Å². The molecule has 2 N–H and O–H groups in total. The van der Waals surface area contributed by atoms with Gasteiger partial charge in [0.25, 0.3) is 5.91 Å². The lowest BCUT2D eigenvalue weighted by Crippen LogP contribution is -2.34. The topological polar surface area (TPSA) is 115 Å². The summed E-state index contributed by atoms with van der Waals surface area (Å²) in [6, 6.07) is 10.5. The van der Waals surface area contributed by atoms with Crippen LogP contribution in [-0.2, 0) is 19.1 Å². The molecule has 0 aliphatic rings. The van der Waals surface area contributed by atoms with Gasteiger partial charge in [0.05, 0.1) is 29.2 Å². The van der Waals surface area contributed by atoms with Gasteiger partial charge in [0.1, 0.15) is 5.92 Å². The lowest BCUT2D eigenvalue weighted by atomic mass is 10.1. The Hall–Kier alpha value is -2.67. The van der Waals surface area contributed by atoms with E-state index in [2.05, 4.69) is 31.8 Å². The highest BCUT2D eigenvalue weighted by Gasteiger charge is 2.22. The largest absolute Gasteiger partial charge is 0.493 e. The molecular weight excluding hydrogens is 609 g/mol. The maximum Gasteiger partial charge on any atom is 0.344 e. The van der Waals surface area contributed by atoms with Crippen molar-refractivity contribution >= 4 is 68.2 Å². The van der Waals surface area contributed by atoms with Crippen LogP contribution >= 0.6 is 38.5 Å². The molecule has 2 amide bonds. The van der Waals surface area contributed by atoms with Gasteiger partial charge in [0, 0.05) is 4.47 Å². The molecular formula is C22H23BrIN3O6. The van der Waals surface area contributed by atoms with Gasteiger partial charge in [0.15, 0.2) is 18.1 Å². The lowest BCUT2D eigenvalue weighted by molar-refractivity contribution is -0.145. The Morgan fingerprint density at radius 1 is 1.21 bits per heavy atom. The van der Waals surface area contributed by atoms with Crippen molar-refractivity contribution in [1.29, 1.82) is 0 Å². The third-order valence-electron chi connectivity index (χ3n) is 4.20. The molecule has 0 spiro atoms. The molecule has 2 rings (SSSR count). The van der Waals surface area contributed by atoms with Crippen LogP contribution in [0.25, 0.3) is 0 Å². The summed E-state index contributed by atoms with van der Waals surface area (Å²) in [5, 5.41) is 6.62. The van der Waals surface area contributed by atoms with Crippen molar-refractivity contribution in [3.05, 3.63) is 50.0 Å². The van der Waals surface area contributed by atoms with E-state index in [0.29, 0.717) is 30.8 Å². The fourth-order valence-corrected chi connectivity index (χ4v) is 3.64. The van der Waals surface area contributed by atoms with Crippen LogP contribution in [0.1, 0.15) is 19.4 Å². The van der Waals surface area contributed by atoms with Crippen molar-refractivity contribution in [2.75, 3.05) is 25.6 Å². The van der Waals surface area contributed by atoms with E-state index in [0.717, 1.165) is 0 Å². The Kier molecular flexibility index (Phi) is 10.6.